The number of carbonyl (C=O) groups excluding carboxylic acids is 1. The van der Waals surface area contributed by atoms with E-state index in [9.17, 15) is 4.79 Å². The Kier molecular flexibility index (Phi) is 7.16. The van der Waals surface area contributed by atoms with E-state index in [0.717, 1.165) is 25.7 Å². The SMILES string of the molecule is COCCCNC(=O)CNC1CCC(OC)C1. The van der Waals surface area contributed by atoms with Gasteiger partial charge in [0.25, 0.3) is 0 Å². The molecule has 2 unspecified atom stereocenters. The van der Waals surface area contributed by atoms with Gasteiger partial charge in [0.2, 0.25) is 5.91 Å². The van der Waals surface area contributed by atoms with E-state index >= 15 is 0 Å². The number of ether oxygens (including phenoxy) is 2. The van der Waals surface area contributed by atoms with Crippen LogP contribution < -0.4 is 10.6 Å². The van der Waals surface area contributed by atoms with E-state index in [0.29, 0.717) is 31.8 Å². The van der Waals surface area contributed by atoms with Gasteiger partial charge in [0.1, 0.15) is 0 Å². The van der Waals surface area contributed by atoms with Crippen molar-refractivity contribution in [1.29, 1.82) is 0 Å². The smallest absolute Gasteiger partial charge is 0.233 e. The summed E-state index contributed by atoms with van der Waals surface area (Å²) >= 11 is 0. The average Bonchev–Trinajstić information content (AvgIpc) is 2.80. The minimum Gasteiger partial charge on any atom is -0.385 e. The molecule has 0 aromatic rings. The van der Waals surface area contributed by atoms with Gasteiger partial charge in [-0.05, 0) is 25.7 Å². The number of amides is 1. The molecule has 2 N–H and O–H groups in total. The fourth-order valence-electron chi connectivity index (χ4n) is 2.08. The van der Waals surface area contributed by atoms with E-state index in [-0.39, 0.29) is 5.91 Å². The summed E-state index contributed by atoms with van der Waals surface area (Å²) < 4.78 is 10.2. The van der Waals surface area contributed by atoms with E-state index in [4.69, 9.17) is 9.47 Å². The van der Waals surface area contributed by atoms with Crippen LogP contribution in [0.3, 0.4) is 0 Å². The molecule has 0 bridgehead atoms. The van der Waals surface area contributed by atoms with Crippen molar-refractivity contribution in [3.05, 3.63) is 0 Å². The third kappa shape index (κ3) is 6.00. The largest absolute Gasteiger partial charge is 0.385 e. The number of methoxy groups -OCH3 is 2. The van der Waals surface area contributed by atoms with Crippen molar-refractivity contribution in [3.63, 3.8) is 0 Å². The summed E-state index contributed by atoms with van der Waals surface area (Å²) in [6.07, 6.45) is 4.40. The van der Waals surface area contributed by atoms with Gasteiger partial charge in [0.15, 0.2) is 0 Å². The topological polar surface area (TPSA) is 59.6 Å². The lowest BCUT2D eigenvalue weighted by Gasteiger charge is -2.12. The Balaban J connectivity index is 2.00. The molecule has 100 valence electrons. The fraction of sp³-hybridized carbons (Fsp3) is 0.917. The molecule has 1 aliphatic carbocycles. The molecule has 1 fully saturated rings. The summed E-state index contributed by atoms with van der Waals surface area (Å²) in [6.45, 7) is 1.76. The number of carbonyl (C=O) groups is 1. The van der Waals surface area contributed by atoms with Crippen LogP contribution in [-0.2, 0) is 14.3 Å². The van der Waals surface area contributed by atoms with E-state index in [1.54, 1.807) is 14.2 Å². The second-order valence-corrected chi connectivity index (χ2v) is 4.44. The Morgan fingerprint density at radius 3 is 2.82 bits per heavy atom. The Hall–Kier alpha value is -0.650. The van der Waals surface area contributed by atoms with Gasteiger partial charge in [-0.25, -0.2) is 0 Å². The predicted octanol–water partition coefficient (Wildman–Crippen LogP) is 0.296. The molecule has 0 heterocycles. The summed E-state index contributed by atoms with van der Waals surface area (Å²) in [5, 5.41) is 6.12. The molecule has 0 spiro atoms. The van der Waals surface area contributed by atoms with E-state index < -0.39 is 0 Å². The van der Waals surface area contributed by atoms with Crippen molar-refractivity contribution in [2.24, 2.45) is 0 Å². The zero-order valence-corrected chi connectivity index (χ0v) is 10.8. The predicted molar refractivity (Wildman–Crippen MR) is 65.9 cm³/mol. The van der Waals surface area contributed by atoms with Crippen LogP contribution in [0.1, 0.15) is 25.7 Å². The lowest BCUT2D eigenvalue weighted by Crippen LogP contribution is -2.38. The van der Waals surface area contributed by atoms with Crippen molar-refractivity contribution in [1.82, 2.24) is 10.6 Å². The third-order valence-electron chi connectivity index (χ3n) is 3.12. The minimum atomic E-state index is 0.0574. The van der Waals surface area contributed by atoms with Crippen LogP contribution in [0.15, 0.2) is 0 Å². The van der Waals surface area contributed by atoms with Gasteiger partial charge in [0.05, 0.1) is 12.6 Å². The molecule has 1 amide bonds. The Morgan fingerprint density at radius 1 is 1.35 bits per heavy atom. The summed E-state index contributed by atoms with van der Waals surface area (Å²) in [7, 11) is 3.41. The lowest BCUT2D eigenvalue weighted by molar-refractivity contribution is -0.120. The van der Waals surface area contributed by atoms with Crippen molar-refractivity contribution in [3.8, 4) is 0 Å². The van der Waals surface area contributed by atoms with Crippen LogP contribution >= 0.6 is 0 Å². The van der Waals surface area contributed by atoms with E-state index in [1.165, 1.54) is 0 Å². The molecular formula is C12H24N2O3. The third-order valence-corrected chi connectivity index (χ3v) is 3.12. The van der Waals surface area contributed by atoms with Crippen molar-refractivity contribution in [2.75, 3.05) is 33.9 Å². The normalized spacial score (nSPS) is 23.9. The summed E-state index contributed by atoms with van der Waals surface area (Å²) in [5.41, 5.74) is 0. The first-order valence-corrected chi connectivity index (χ1v) is 6.28. The molecule has 1 rings (SSSR count). The molecule has 0 saturated heterocycles. The van der Waals surface area contributed by atoms with Crippen LogP contribution in [0.2, 0.25) is 0 Å². The molecular weight excluding hydrogens is 220 g/mol. The maximum Gasteiger partial charge on any atom is 0.233 e. The van der Waals surface area contributed by atoms with Crippen molar-refractivity contribution >= 4 is 5.91 Å². The molecule has 5 heteroatoms. The highest BCUT2D eigenvalue weighted by molar-refractivity contribution is 5.77. The summed E-state index contributed by atoms with van der Waals surface area (Å²) in [5.74, 6) is 0.0574. The monoisotopic (exact) mass is 244 g/mol. The second kappa shape index (κ2) is 8.44. The van der Waals surface area contributed by atoms with Crippen LogP contribution in [-0.4, -0.2) is 52.0 Å². The van der Waals surface area contributed by atoms with Crippen molar-refractivity contribution in [2.45, 2.75) is 37.8 Å². The zero-order chi connectivity index (χ0) is 12.5. The number of nitrogens with one attached hydrogen (secondary N) is 2. The molecule has 0 radical (unpaired) electrons. The molecule has 0 aromatic carbocycles. The highest BCUT2D eigenvalue weighted by atomic mass is 16.5. The Bertz CT molecular complexity index is 224. The maximum absolute atomic E-state index is 11.5. The Labute approximate surface area is 103 Å². The van der Waals surface area contributed by atoms with Gasteiger partial charge in [-0.2, -0.15) is 0 Å². The maximum atomic E-state index is 11.5. The van der Waals surface area contributed by atoms with Crippen molar-refractivity contribution < 1.29 is 14.3 Å². The van der Waals surface area contributed by atoms with Gasteiger partial charge < -0.3 is 20.1 Å². The van der Waals surface area contributed by atoms with Gasteiger partial charge in [-0.3, -0.25) is 4.79 Å². The minimum absolute atomic E-state index is 0.0574. The van der Waals surface area contributed by atoms with Gasteiger partial charge >= 0.3 is 0 Å². The van der Waals surface area contributed by atoms with Crippen LogP contribution in [0, 0.1) is 0 Å². The first-order chi connectivity index (χ1) is 8.26. The first kappa shape index (κ1) is 14.4. The number of rotatable bonds is 8. The summed E-state index contributed by atoms with van der Waals surface area (Å²) in [4.78, 5) is 11.5. The highest BCUT2D eigenvalue weighted by Crippen LogP contribution is 2.20. The van der Waals surface area contributed by atoms with E-state index in [1.807, 2.05) is 0 Å². The van der Waals surface area contributed by atoms with Crippen LogP contribution in [0.4, 0.5) is 0 Å². The fourth-order valence-corrected chi connectivity index (χ4v) is 2.08. The molecule has 1 saturated carbocycles. The average molecular weight is 244 g/mol. The second-order valence-electron chi connectivity index (χ2n) is 4.44. The van der Waals surface area contributed by atoms with Crippen LogP contribution in [0.25, 0.3) is 0 Å². The molecule has 0 aliphatic heterocycles. The molecule has 5 nitrogen and oxygen atoms in total. The summed E-state index contributed by atoms with van der Waals surface area (Å²) in [6, 6.07) is 0.421. The quantitative estimate of drug-likeness (QED) is 0.603. The number of hydrogen-bond donors (Lipinski definition) is 2. The standard InChI is InChI=1S/C12H24N2O3/c1-16-7-3-6-13-12(15)9-14-10-4-5-11(8-10)17-2/h10-11,14H,3-9H2,1-2H3,(H,13,15). The van der Waals surface area contributed by atoms with Gasteiger partial charge in [0, 0.05) is 33.4 Å². The Morgan fingerprint density at radius 2 is 2.18 bits per heavy atom. The highest BCUT2D eigenvalue weighted by Gasteiger charge is 2.24. The van der Waals surface area contributed by atoms with Crippen LogP contribution in [0.5, 0.6) is 0 Å². The van der Waals surface area contributed by atoms with E-state index in [2.05, 4.69) is 10.6 Å². The molecule has 17 heavy (non-hydrogen) atoms. The first-order valence-electron chi connectivity index (χ1n) is 6.28. The molecule has 2 atom stereocenters. The lowest BCUT2D eigenvalue weighted by atomic mass is 10.2. The van der Waals surface area contributed by atoms with Gasteiger partial charge in [-0.15, -0.1) is 0 Å². The van der Waals surface area contributed by atoms with Gasteiger partial charge in [-0.1, -0.05) is 0 Å². The molecule has 0 aromatic heterocycles. The molecule has 1 aliphatic rings. The zero-order valence-electron chi connectivity index (χ0n) is 10.8. The number of hydrogen-bond acceptors (Lipinski definition) is 4.